The SMILES string of the molecule is Cc1ccc(Oc2cc(NC(=O)C3CC(c4ccc(F)cc4)=NO3)cc([N+](=O)[O-])c2)cc1. The van der Waals surface area contributed by atoms with E-state index in [0.717, 1.165) is 5.56 Å². The summed E-state index contributed by atoms with van der Waals surface area (Å²) < 4.78 is 18.8. The molecule has 32 heavy (non-hydrogen) atoms. The largest absolute Gasteiger partial charge is 0.457 e. The second-order valence-corrected chi connectivity index (χ2v) is 7.22. The topological polar surface area (TPSA) is 103 Å². The zero-order valence-electron chi connectivity index (χ0n) is 16.9. The first-order valence-electron chi connectivity index (χ1n) is 9.71. The number of hydrogen-bond donors (Lipinski definition) is 1. The highest BCUT2D eigenvalue weighted by Gasteiger charge is 2.29. The number of halogens is 1. The van der Waals surface area contributed by atoms with Gasteiger partial charge in [0.15, 0.2) is 0 Å². The molecule has 1 atom stereocenters. The zero-order valence-corrected chi connectivity index (χ0v) is 16.9. The quantitative estimate of drug-likeness (QED) is 0.435. The van der Waals surface area contributed by atoms with Crippen molar-refractivity contribution in [1.29, 1.82) is 0 Å². The highest BCUT2D eigenvalue weighted by Crippen LogP contribution is 2.30. The zero-order chi connectivity index (χ0) is 22.7. The molecular weight excluding hydrogens is 417 g/mol. The maximum atomic E-state index is 13.1. The number of nitrogens with one attached hydrogen (secondary N) is 1. The molecule has 1 amide bonds. The van der Waals surface area contributed by atoms with Crippen molar-refractivity contribution < 1.29 is 23.7 Å². The molecule has 0 saturated heterocycles. The van der Waals surface area contributed by atoms with Gasteiger partial charge in [-0.3, -0.25) is 14.9 Å². The van der Waals surface area contributed by atoms with Crippen molar-refractivity contribution in [2.75, 3.05) is 5.32 Å². The Morgan fingerprint density at radius 2 is 1.84 bits per heavy atom. The van der Waals surface area contributed by atoms with Crippen LogP contribution in [0.5, 0.6) is 11.5 Å². The molecule has 8 nitrogen and oxygen atoms in total. The molecule has 0 radical (unpaired) electrons. The van der Waals surface area contributed by atoms with Gasteiger partial charge in [-0.1, -0.05) is 35.0 Å². The number of carbonyl (C=O) groups is 1. The van der Waals surface area contributed by atoms with Gasteiger partial charge >= 0.3 is 0 Å². The number of amides is 1. The van der Waals surface area contributed by atoms with Gasteiger partial charge in [-0.2, -0.15) is 0 Å². The number of nitro benzene ring substituents is 1. The number of aryl methyl sites for hydroxylation is 1. The van der Waals surface area contributed by atoms with E-state index < -0.39 is 16.9 Å². The Bertz CT molecular complexity index is 1190. The molecule has 0 saturated carbocycles. The molecule has 4 rings (SSSR count). The Balaban J connectivity index is 1.47. The fourth-order valence-corrected chi connectivity index (χ4v) is 3.12. The van der Waals surface area contributed by atoms with E-state index in [1.54, 1.807) is 24.3 Å². The van der Waals surface area contributed by atoms with Crippen LogP contribution in [0, 0.1) is 22.9 Å². The summed E-state index contributed by atoms with van der Waals surface area (Å²) in [6, 6.07) is 16.9. The first-order chi connectivity index (χ1) is 15.4. The van der Waals surface area contributed by atoms with Gasteiger partial charge in [0, 0.05) is 18.6 Å². The molecule has 0 aromatic heterocycles. The average molecular weight is 435 g/mol. The normalized spacial score (nSPS) is 14.9. The third kappa shape index (κ3) is 4.89. The smallest absolute Gasteiger partial charge is 0.275 e. The van der Waals surface area contributed by atoms with E-state index >= 15 is 0 Å². The number of carbonyl (C=O) groups excluding carboxylic acids is 1. The molecular formula is C23H18FN3O5. The number of nitro groups is 1. The standard InChI is InChI=1S/C23H18FN3O5/c1-14-2-8-19(9-3-14)31-20-11-17(10-18(12-20)27(29)30)25-23(28)22-13-21(26-32-22)15-4-6-16(24)7-5-15/h2-12,22H,13H2,1H3,(H,25,28). The first kappa shape index (κ1) is 21.0. The molecule has 1 heterocycles. The van der Waals surface area contributed by atoms with Crippen molar-refractivity contribution in [3.63, 3.8) is 0 Å². The lowest BCUT2D eigenvalue weighted by atomic mass is 10.0. The predicted octanol–water partition coefficient (Wildman–Crippen LogP) is 4.97. The lowest BCUT2D eigenvalue weighted by Gasteiger charge is -2.12. The average Bonchev–Trinajstić information content (AvgIpc) is 3.26. The summed E-state index contributed by atoms with van der Waals surface area (Å²) >= 11 is 0. The van der Waals surface area contributed by atoms with Crippen molar-refractivity contribution in [3.8, 4) is 11.5 Å². The second-order valence-electron chi connectivity index (χ2n) is 7.22. The molecule has 3 aromatic rings. The first-order valence-corrected chi connectivity index (χ1v) is 9.71. The summed E-state index contributed by atoms with van der Waals surface area (Å²) in [7, 11) is 0. The summed E-state index contributed by atoms with van der Waals surface area (Å²) in [5.74, 6) is -0.191. The third-order valence-corrected chi connectivity index (χ3v) is 4.77. The summed E-state index contributed by atoms with van der Waals surface area (Å²) in [6.07, 6.45) is -0.741. The summed E-state index contributed by atoms with van der Waals surface area (Å²) in [5, 5.41) is 17.9. The van der Waals surface area contributed by atoms with Crippen molar-refractivity contribution in [3.05, 3.63) is 93.8 Å². The van der Waals surface area contributed by atoms with Crippen molar-refractivity contribution in [1.82, 2.24) is 0 Å². The van der Waals surface area contributed by atoms with Crippen molar-refractivity contribution in [2.24, 2.45) is 5.16 Å². The van der Waals surface area contributed by atoms with Crippen LogP contribution in [0.15, 0.2) is 71.9 Å². The van der Waals surface area contributed by atoms with Crippen LogP contribution in [0.25, 0.3) is 0 Å². The van der Waals surface area contributed by atoms with E-state index in [0.29, 0.717) is 17.0 Å². The van der Waals surface area contributed by atoms with Gasteiger partial charge in [0.05, 0.1) is 22.4 Å². The van der Waals surface area contributed by atoms with E-state index in [2.05, 4.69) is 10.5 Å². The molecule has 1 aliphatic rings. The summed E-state index contributed by atoms with van der Waals surface area (Å²) in [4.78, 5) is 28.6. The van der Waals surface area contributed by atoms with Crippen LogP contribution >= 0.6 is 0 Å². The van der Waals surface area contributed by atoms with Crippen LogP contribution in [-0.2, 0) is 9.63 Å². The van der Waals surface area contributed by atoms with Gasteiger partial charge in [0.2, 0.25) is 6.10 Å². The van der Waals surface area contributed by atoms with Crippen LogP contribution in [0.4, 0.5) is 15.8 Å². The molecule has 0 fully saturated rings. The Morgan fingerprint density at radius 1 is 1.12 bits per heavy atom. The lowest BCUT2D eigenvalue weighted by molar-refractivity contribution is -0.384. The molecule has 0 aliphatic carbocycles. The van der Waals surface area contributed by atoms with Gasteiger partial charge < -0.3 is 14.9 Å². The molecule has 3 aromatic carbocycles. The van der Waals surface area contributed by atoms with Crippen LogP contribution in [0.2, 0.25) is 0 Å². The Morgan fingerprint density at radius 3 is 2.53 bits per heavy atom. The summed E-state index contributed by atoms with van der Waals surface area (Å²) in [5.41, 5.74) is 2.15. The molecule has 9 heteroatoms. The van der Waals surface area contributed by atoms with Crippen LogP contribution in [0.3, 0.4) is 0 Å². The maximum Gasteiger partial charge on any atom is 0.275 e. The predicted molar refractivity (Wildman–Crippen MR) is 115 cm³/mol. The van der Waals surface area contributed by atoms with Gasteiger partial charge in [0.25, 0.3) is 11.6 Å². The maximum absolute atomic E-state index is 13.1. The molecule has 1 unspecified atom stereocenters. The minimum absolute atomic E-state index is 0.180. The van der Waals surface area contributed by atoms with Crippen LogP contribution in [-0.4, -0.2) is 22.6 Å². The number of benzene rings is 3. The second kappa shape index (κ2) is 8.84. The molecule has 162 valence electrons. The van der Waals surface area contributed by atoms with Gasteiger partial charge in [0.1, 0.15) is 17.3 Å². The fourth-order valence-electron chi connectivity index (χ4n) is 3.12. The lowest BCUT2D eigenvalue weighted by Crippen LogP contribution is -2.28. The number of non-ortho nitro benzene ring substituents is 1. The minimum atomic E-state index is -0.921. The van der Waals surface area contributed by atoms with E-state index in [9.17, 15) is 19.3 Å². The summed E-state index contributed by atoms with van der Waals surface area (Å²) in [6.45, 7) is 1.93. The molecule has 1 N–H and O–H groups in total. The molecule has 0 bridgehead atoms. The fraction of sp³-hybridized carbons (Fsp3) is 0.130. The number of ether oxygens (including phenoxy) is 1. The Labute approximate surface area is 182 Å². The van der Waals surface area contributed by atoms with E-state index in [1.807, 2.05) is 19.1 Å². The van der Waals surface area contributed by atoms with Gasteiger partial charge in [-0.05, 0) is 36.8 Å². The van der Waals surface area contributed by atoms with Crippen LogP contribution < -0.4 is 10.1 Å². The van der Waals surface area contributed by atoms with Crippen molar-refractivity contribution in [2.45, 2.75) is 19.4 Å². The van der Waals surface area contributed by atoms with Crippen molar-refractivity contribution >= 4 is 23.0 Å². The van der Waals surface area contributed by atoms with E-state index in [1.165, 1.54) is 30.3 Å². The Hall–Kier alpha value is -4.27. The molecule has 1 aliphatic heterocycles. The van der Waals surface area contributed by atoms with E-state index in [-0.39, 0.29) is 29.4 Å². The van der Waals surface area contributed by atoms with Crippen LogP contribution in [0.1, 0.15) is 17.5 Å². The van der Waals surface area contributed by atoms with Gasteiger partial charge in [-0.25, -0.2) is 4.39 Å². The third-order valence-electron chi connectivity index (χ3n) is 4.77. The highest BCUT2D eigenvalue weighted by molar-refractivity contribution is 6.06. The highest BCUT2D eigenvalue weighted by atomic mass is 19.1. The number of oxime groups is 1. The number of rotatable bonds is 6. The monoisotopic (exact) mass is 435 g/mol. The van der Waals surface area contributed by atoms with E-state index in [4.69, 9.17) is 9.57 Å². The molecule has 0 spiro atoms. The minimum Gasteiger partial charge on any atom is -0.457 e. The Kier molecular flexibility index (Phi) is 5.80. The number of anilines is 1. The number of nitrogens with zero attached hydrogens (tertiary/aromatic N) is 2. The number of hydrogen-bond acceptors (Lipinski definition) is 6. The van der Waals surface area contributed by atoms with Gasteiger partial charge in [-0.15, -0.1) is 0 Å².